The first-order valence-electron chi connectivity index (χ1n) is 6.17. The second kappa shape index (κ2) is 7.11. The molecule has 0 aliphatic carbocycles. The SMILES string of the molecule is CSc1nc(C)nc(NC(=O)NS(=O)(=O)c2ccccc2Cl)n1. The Hall–Kier alpha value is -1.91. The van der Waals surface area contributed by atoms with Gasteiger partial charge in [-0.15, -0.1) is 0 Å². The minimum atomic E-state index is -4.11. The Morgan fingerprint density at radius 1 is 1.22 bits per heavy atom. The summed E-state index contributed by atoms with van der Waals surface area (Å²) in [5, 5.41) is 2.67. The van der Waals surface area contributed by atoms with Gasteiger partial charge in [-0.25, -0.2) is 22.9 Å². The molecule has 0 fully saturated rings. The Morgan fingerprint density at radius 3 is 2.57 bits per heavy atom. The molecule has 23 heavy (non-hydrogen) atoms. The number of carbonyl (C=O) groups is 1. The van der Waals surface area contributed by atoms with Gasteiger partial charge in [0.2, 0.25) is 5.95 Å². The van der Waals surface area contributed by atoms with Gasteiger partial charge in [-0.2, -0.15) is 9.97 Å². The lowest BCUT2D eigenvalue weighted by molar-refractivity contribution is 0.256. The van der Waals surface area contributed by atoms with Crippen molar-refractivity contribution in [1.29, 1.82) is 0 Å². The molecule has 2 N–H and O–H groups in total. The highest BCUT2D eigenvalue weighted by atomic mass is 35.5. The van der Waals surface area contributed by atoms with Gasteiger partial charge in [-0.1, -0.05) is 35.5 Å². The fourth-order valence-corrected chi connectivity index (χ4v) is 3.40. The van der Waals surface area contributed by atoms with Crippen LogP contribution in [0.25, 0.3) is 0 Å². The molecule has 2 amide bonds. The number of anilines is 1. The van der Waals surface area contributed by atoms with Gasteiger partial charge in [-0.3, -0.25) is 5.32 Å². The normalized spacial score (nSPS) is 11.1. The lowest BCUT2D eigenvalue weighted by Gasteiger charge is -2.09. The molecule has 11 heteroatoms. The minimum absolute atomic E-state index is 0.00785. The maximum absolute atomic E-state index is 12.1. The van der Waals surface area contributed by atoms with Crippen molar-refractivity contribution < 1.29 is 13.2 Å². The highest BCUT2D eigenvalue weighted by Gasteiger charge is 2.21. The van der Waals surface area contributed by atoms with E-state index in [1.54, 1.807) is 19.2 Å². The molecule has 1 aromatic carbocycles. The van der Waals surface area contributed by atoms with Crippen molar-refractivity contribution in [3.63, 3.8) is 0 Å². The zero-order valence-electron chi connectivity index (χ0n) is 12.1. The molecule has 122 valence electrons. The van der Waals surface area contributed by atoms with E-state index in [-0.39, 0.29) is 15.9 Å². The summed E-state index contributed by atoms with van der Waals surface area (Å²) in [5.41, 5.74) is 0. The Balaban J connectivity index is 2.16. The van der Waals surface area contributed by atoms with Crippen LogP contribution in [0.4, 0.5) is 10.7 Å². The predicted molar refractivity (Wildman–Crippen MR) is 87.1 cm³/mol. The second-order valence-corrected chi connectivity index (χ2v) is 7.01. The fourth-order valence-electron chi connectivity index (χ4n) is 1.57. The number of aryl methyl sites for hydroxylation is 1. The van der Waals surface area contributed by atoms with Crippen LogP contribution in [0.1, 0.15) is 5.82 Å². The van der Waals surface area contributed by atoms with Crippen LogP contribution in [0.3, 0.4) is 0 Å². The smallest absolute Gasteiger partial charge is 0.275 e. The van der Waals surface area contributed by atoms with Crippen molar-refractivity contribution >= 4 is 45.4 Å². The van der Waals surface area contributed by atoms with Crippen LogP contribution in [0.5, 0.6) is 0 Å². The molecule has 1 heterocycles. The third-order valence-corrected chi connectivity index (χ3v) is 4.87. The Bertz CT molecular complexity index is 844. The van der Waals surface area contributed by atoms with E-state index >= 15 is 0 Å². The van der Waals surface area contributed by atoms with Gasteiger partial charge in [0.05, 0.1) is 5.02 Å². The minimum Gasteiger partial charge on any atom is -0.275 e. The molecule has 0 unspecified atom stereocenters. The molecule has 2 aromatic rings. The number of urea groups is 1. The highest BCUT2D eigenvalue weighted by Crippen LogP contribution is 2.20. The first-order valence-corrected chi connectivity index (χ1v) is 9.25. The zero-order valence-corrected chi connectivity index (χ0v) is 14.5. The van der Waals surface area contributed by atoms with Crippen molar-refractivity contribution in [3.05, 3.63) is 35.1 Å². The van der Waals surface area contributed by atoms with Crippen molar-refractivity contribution in [2.45, 2.75) is 17.0 Å². The maximum Gasteiger partial charge on any atom is 0.335 e. The monoisotopic (exact) mass is 373 g/mol. The van der Waals surface area contributed by atoms with Crippen LogP contribution in [-0.2, 0) is 10.0 Å². The van der Waals surface area contributed by atoms with E-state index in [1.165, 1.54) is 30.0 Å². The van der Waals surface area contributed by atoms with E-state index in [1.807, 2.05) is 4.72 Å². The van der Waals surface area contributed by atoms with E-state index in [0.29, 0.717) is 11.0 Å². The summed E-state index contributed by atoms with van der Waals surface area (Å²) in [6, 6.07) is 4.78. The number of benzene rings is 1. The van der Waals surface area contributed by atoms with E-state index in [0.717, 1.165) is 0 Å². The summed E-state index contributed by atoms with van der Waals surface area (Å²) in [6.45, 7) is 1.63. The molecular formula is C12H12ClN5O3S2. The lowest BCUT2D eigenvalue weighted by atomic mass is 10.4. The van der Waals surface area contributed by atoms with Crippen LogP contribution in [0.15, 0.2) is 34.3 Å². The predicted octanol–water partition coefficient (Wildman–Crippen LogP) is 2.07. The molecule has 0 aliphatic rings. The number of nitrogens with one attached hydrogen (secondary N) is 2. The van der Waals surface area contributed by atoms with E-state index in [2.05, 4.69) is 20.3 Å². The number of nitrogens with zero attached hydrogens (tertiary/aromatic N) is 3. The third kappa shape index (κ3) is 4.53. The summed E-state index contributed by atoms with van der Waals surface area (Å²) in [4.78, 5) is 23.6. The summed E-state index contributed by atoms with van der Waals surface area (Å²) in [7, 11) is -4.11. The van der Waals surface area contributed by atoms with Gasteiger partial charge in [-0.05, 0) is 25.3 Å². The van der Waals surface area contributed by atoms with Crippen LogP contribution in [0.2, 0.25) is 5.02 Å². The number of sulfonamides is 1. The summed E-state index contributed by atoms with van der Waals surface area (Å²) < 4.78 is 26.1. The van der Waals surface area contributed by atoms with Gasteiger partial charge < -0.3 is 0 Å². The van der Waals surface area contributed by atoms with Crippen molar-refractivity contribution in [2.24, 2.45) is 0 Å². The van der Waals surface area contributed by atoms with Crippen LogP contribution in [0, 0.1) is 6.92 Å². The zero-order chi connectivity index (χ0) is 17.0. The molecule has 0 saturated carbocycles. The van der Waals surface area contributed by atoms with E-state index in [9.17, 15) is 13.2 Å². The fraction of sp³-hybridized carbons (Fsp3) is 0.167. The van der Waals surface area contributed by atoms with Gasteiger partial charge >= 0.3 is 6.03 Å². The molecule has 1 aromatic heterocycles. The molecule has 0 atom stereocenters. The van der Waals surface area contributed by atoms with Gasteiger partial charge in [0.25, 0.3) is 10.0 Å². The number of aromatic nitrogens is 3. The Labute approximate surface area is 142 Å². The molecule has 0 spiro atoms. The quantitative estimate of drug-likeness (QED) is 0.788. The largest absolute Gasteiger partial charge is 0.335 e. The molecule has 0 bridgehead atoms. The average Bonchev–Trinajstić information content (AvgIpc) is 2.46. The maximum atomic E-state index is 12.1. The van der Waals surface area contributed by atoms with Crippen LogP contribution < -0.4 is 10.0 Å². The van der Waals surface area contributed by atoms with Gasteiger partial charge in [0.15, 0.2) is 5.16 Å². The number of rotatable bonds is 4. The number of thioether (sulfide) groups is 1. The second-order valence-electron chi connectivity index (χ2n) is 4.18. The molecule has 8 nitrogen and oxygen atoms in total. The van der Waals surface area contributed by atoms with Gasteiger partial charge in [0, 0.05) is 0 Å². The number of halogens is 1. The standard InChI is InChI=1S/C12H12ClN5O3S2/c1-7-14-10(17-12(15-7)22-2)16-11(19)18-23(20,21)9-6-4-3-5-8(9)13/h3-6H,1-2H3,(H2,14,15,16,17,18,19). The van der Waals surface area contributed by atoms with Crippen LogP contribution >= 0.6 is 23.4 Å². The first-order chi connectivity index (χ1) is 10.8. The number of hydrogen-bond donors (Lipinski definition) is 2. The number of carbonyl (C=O) groups excluding carboxylic acids is 1. The third-order valence-electron chi connectivity index (χ3n) is 2.49. The molecule has 2 rings (SSSR count). The summed E-state index contributed by atoms with van der Waals surface area (Å²) in [5.74, 6) is 0.349. The van der Waals surface area contributed by atoms with Crippen molar-refractivity contribution in [1.82, 2.24) is 19.7 Å². The number of amides is 2. The van der Waals surface area contributed by atoms with E-state index in [4.69, 9.17) is 11.6 Å². The Kier molecular flexibility index (Phi) is 5.39. The van der Waals surface area contributed by atoms with Crippen molar-refractivity contribution in [3.8, 4) is 0 Å². The van der Waals surface area contributed by atoms with Crippen molar-refractivity contribution in [2.75, 3.05) is 11.6 Å². The summed E-state index contributed by atoms with van der Waals surface area (Å²) >= 11 is 7.09. The van der Waals surface area contributed by atoms with Crippen LogP contribution in [-0.4, -0.2) is 35.7 Å². The number of hydrogen-bond acceptors (Lipinski definition) is 7. The topological polar surface area (TPSA) is 114 Å². The van der Waals surface area contributed by atoms with E-state index < -0.39 is 16.1 Å². The van der Waals surface area contributed by atoms with Gasteiger partial charge in [0.1, 0.15) is 10.7 Å². The Morgan fingerprint density at radius 2 is 1.91 bits per heavy atom. The molecular weight excluding hydrogens is 362 g/mol. The highest BCUT2D eigenvalue weighted by molar-refractivity contribution is 7.98. The lowest BCUT2D eigenvalue weighted by Crippen LogP contribution is -2.35. The molecule has 0 aliphatic heterocycles. The molecule has 0 saturated heterocycles. The summed E-state index contributed by atoms with van der Waals surface area (Å²) in [6.07, 6.45) is 1.76. The molecule has 0 radical (unpaired) electrons. The first kappa shape index (κ1) is 17.4. The average molecular weight is 374 g/mol.